The maximum Gasteiger partial charge on any atom is 0.0125 e. The molecule has 100 valence electrons. The summed E-state index contributed by atoms with van der Waals surface area (Å²) in [5, 5.41) is 0. The quantitative estimate of drug-likeness (QED) is 0.669. The van der Waals surface area contributed by atoms with Gasteiger partial charge in [-0.3, -0.25) is 0 Å². The maximum absolute atomic E-state index is 2.26. The Bertz CT molecular complexity index is 559. The summed E-state index contributed by atoms with van der Waals surface area (Å²) in [5.74, 6) is 0. The van der Waals surface area contributed by atoms with Crippen LogP contribution >= 0.6 is 11.8 Å². The normalized spacial score (nSPS) is 11.6. The predicted molar refractivity (Wildman–Crippen MR) is 85.2 cm³/mol. The fourth-order valence-electron chi connectivity index (χ4n) is 1.94. The third kappa shape index (κ3) is 3.63. The van der Waals surface area contributed by atoms with Crippen molar-refractivity contribution in [3.8, 4) is 0 Å². The largest absolute Gasteiger partial charge is 0.0901 e. The average molecular weight is 270 g/mol. The smallest absolute Gasteiger partial charge is 0.0125 e. The Labute approximate surface area is 121 Å². The molecule has 0 nitrogen and oxygen atoms in total. The molecule has 0 amide bonds. The van der Waals surface area contributed by atoms with E-state index in [2.05, 4.69) is 77.1 Å². The van der Waals surface area contributed by atoms with Gasteiger partial charge in [0.1, 0.15) is 0 Å². The van der Waals surface area contributed by atoms with E-state index in [0.717, 1.165) is 0 Å². The highest BCUT2D eigenvalue weighted by Crippen LogP contribution is 2.31. The molecule has 0 saturated carbocycles. The van der Waals surface area contributed by atoms with Crippen molar-refractivity contribution in [3.63, 3.8) is 0 Å². The minimum absolute atomic E-state index is 0.226. The van der Waals surface area contributed by atoms with Crippen LogP contribution in [0.3, 0.4) is 0 Å². The summed E-state index contributed by atoms with van der Waals surface area (Å²) in [4.78, 5) is 2.61. The van der Waals surface area contributed by atoms with Crippen LogP contribution in [0.5, 0.6) is 0 Å². The van der Waals surface area contributed by atoms with Gasteiger partial charge < -0.3 is 0 Å². The van der Waals surface area contributed by atoms with Gasteiger partial charge in [-0.05, 0) is 60.2 Å². The Morgan fingerprint density at radius 2 is 1.32 bits per heavy atom. The lowest BCUT2D eigenvalue weighted by molar-refractivity contribution is 0.590. The third-order valence-electron chi connectivity index (χ3n) is 3.43. The van der Waals surface area contributed by atoms with Crippen LogP contribution in [0.2, 0.25) is 0 Å². The monoisotopic (exact) mass is 270 g/mol. The van der Waals surface area contributed by atoms with Crippen LogP contribution in [0.1, 0.15) is 37.5 Å². The van der Waals surface area contributed by atoms with Gasteiger partial charge >= 0.3 is 0 Å². The van der Waals surface area contributed by atoms with Gasteiger partial charge in [0, 0.05) is 9.79 Å². The van der Waals surface area contributed by atoms with E-state index >= 15 is 0 Å². The molecular formula is C18H22S. The molecule has 0 saturated heterocycles. The van der Waals surface area contributed by atoms with E-state index in [1.807, 2.05) is 11.8 Å². The number of aryl methyl sites for hydroxylation is 2. The molecule has 0 aromatic heterocycles. The molecule has 0 atom stereocenters. The van der Waals surface area contributed by atoms with Crippen LogP contribution in [0.25, 0.3) is 0 Å². The molecule has 2 aromatic rings. The first kappa shape index (κ1) is 14.2. The van der Waals surface area contributed by atoms with Crippen LogP contribution in [-0.4, -0.2) is 0 Å². The molecule has 2 aromatic carbocycles. The van der Waals surface area contributed by atoms with E-state index in [1.165, 1.54) is 26.5 Å². The topological polar surface area (TPSA) is 0 Å². The van der Waals surface area contributed by atoms with Crippen molar-refractivity contribution in [3.05, 3.63) is 59.2 Å². The first-order valence-corrected chi connectivity index (χ1v) is 7.53. The van der Waals surface area contributed by atoms with Crippen molar-refractivity contribution in [1.29, 1.82) is 0 Å². The van der Waals surface area contributed by atoms with Crippen molar-refractivity contribution in [1.82, 2.24) is 0 Å². The van der Waals surface area contributed by atoms with Crippen LogP contribution < -0.4 is 0 Å². The Balaban J connectivity index is 2.17. The summed E-state index contributed by atoms with van der Waals surface area (Å²) in [6.07, 6.45) is 0. The van der Waals surface area contributed by atoms with Gasteiger partial charge in [-0.15, -0.1) is 0 Å². The molecule has 0 aliphatic carbocycles. The van der Waals surface area contributed by atoms with E-state index in [1.54, 1.807) is 0 Å². The second-order valence-electron chi connectivity index (χ2n) is 6.12. The summed E-state index contributed by atoms with van der Waals surface area (Å²) in [5.41, 5.74) is 4.32. The summed E-state index contributed by atoms with van der Waals surface area (Å²) in [7, 11) is 0. The Kier molecular flexibility index (Phi) is 4.05. The van der Waals surface area contributed by atoms with Gasteiger partial charge in [0.2, 0.25) is 0 Å². The fraction of sp³-hybridized carbons (Fsp3) is 0.333. The van der Waals surface area contributed by atoms with Crippen molar-refractivity contribution in [2.24, 2.45) is 0 Å². The molecule has 2 rings (SSSR count). The second kappa shape index (κ2) is 5.42. The highest BCUT2D eigenvalue weighted by molar-refractivity contribution is 7.99. The molecule has 0 fully saturated rings. The van der Waals surface area contributed by atoms with Gasteiger partial charge in [-0.2, -0.15) is 0 Å². The Morgan fingerprint density at radius 1 is 0.737 bits per heavy atom. The molecule has 0 aliphatic heterocycles. The predicted octanol–water partition coefficient (Wildman–Crippen LogP) is 5.75. The Hall–Kier alpha value is -1.21. The van der Waals surface area contributed by atoms with E-state index in [-0.39, 0.29) is 5.41 Å². The maximum atomic E-state index is 2.26. The molecule has 0 heterocycles. The van der Waals surface area contributed by atoms with Gasteiger partial charge in [0.05, 0.1) is 0 Å². The average Bonchev–Trinajstić information content (AvgIpc) is 2.33. The highest BCUT2D eigenvalue weighted by atomic mass is 32.2. The van der Waals surface area contributed by atoms with Crippen molar-refractivity contribution < 1.29 is 0 Å². The fourth-order valence-corrected chi connectivity index (χ4v) is 2.85. The van der Waals surface area contributed by atoms with Crippen LogP contribution in [-0.2, 0) is 5.41 Å². The number of benzene rings is 2. The van der Waals surface area contributed by atoms with Crippen LogP contribution in [0.15, 0.2) is 52.3 Å². The van der Waals surface area contributed by atoms with E-state index < -0.39 is 0 Å². The summed E-state index contributed by atoms with van der Waals surface area (Å²) in [6, 6.07) is 15.6. The lowest BCUT2D eigenvalue weighted by atomic mass is 9.87. The summed E-state index contributed by atoms with van der Waals surface area (Å²) < 4.78 is 0. The van der Waals surface area contributed by atoms with Gasteiger partial charge in [-0.25, -0.2) is 0 Å². The minimum atomic E-state index is 0.226. The van der Waals surface area contributed by atoms with E-state index in [0.29, 0.717) is 0 Å². The van der Waals surface area contributed by atoms with Crippen LogP contribution in [0, 0.1) is 13.8 Å². The summed E-state index contributed by atoms with van der Waals surface area (Å²) in [6.45, 7) is 11.1. The zero-order valence-corrected chi connectivity index (χ0v) is 13.3. The first-order valence-electron chi connectivity index (χ1n) is 6.72. The van der Waals surface area contributed by atoms with Gasteiger partial charge in [0.25, 0.3) is 0 Å². The number of hydrogen-bond donors (Lipinski definition) is 0. The SMILES string of the molecule is Cc1ccc(Sc2ccc(C(C)(C)C)cc2)cc1C. The number of rotatable bonds is 2. The molecular weight excluding hydrogens is 248 g/mol. The third-order valence-corrected chi connectivity index (χ3v) is 4.43. The second-order valence-corrected chi connectivity index (χ2v) is 7.27. The zero-order valence-electron chi connectivity index (χ0n) is 12.4. The lowest BCUT2D eigenvalue weighted by Gasteiger charge is -2.19. The number of hydrogen-bond acceptors (Lipinski definition) is 1. The van der Waals surface area contributed by atoms with Gasteiger partial charge in [-0.1, -0.05) is 50.7 Å². The van der Waals surface area contributed by atoms with Gasteiger partial charge in [0.15, 0.2) is 0 Å². The van der Waals surface area contributed by atoms with E-state index in [9.17, 15) is 0 Å². The molecule has 0 spiro atoms. The molecule has 0 aliphatic rings. The molecule has 0 radical (unpaired) electrons. The van der Waals surface area contributed by atoms with Crippen LogP contribution in [0.4, 0.5) is 0 Å². The molecule has 1 heteroatoms. The molecule has 0 bridgehead atoms. The van der Waals surface area contributed by atoms with Crippen molar-refractivity contribution in [2.45, 2.75) is 49.8 Å². The van der Waals surface area contributed by atoms with Crippen molar-refractivity contribution in [2.75, 3.05) is 0 Å². The summed E-state index contributed by atoms with van der Waals surface area (Å²) >= 11 is 1.83. The molecule has 0 unspecified atom stereocenters. The van der Waals surface area contributed by atoms with Crippen molar-refractivity contribution >= 4 is 11.8 Å². The minimum Gasteiger partial charge on any atom is -0.0901 e. The van der Waals surface area contributed by atoms with E-state index in [4.69, 9.17) is 0 Å². The Morgan fingerprint density at radius 3 is 1.84 bits per heavy atom. The lowest BCUT2D eigenvalue weighted by Crippen LogP contribution is -2.10. The first-order chi connectivity index (χ1) is 8.86. The molecule has 19 heavy (non-hydrogen) atoms. The highest BCUT2D eigenvalue weighted by Gasteiger charge is 2.12. The standard InChI is InChI=1S/C18H22S/c1-13-6-9-17(12-14(13)2)19-16-10-7-15(8-11-16)18(3,4)5/h6-12H,1-5H3. The molecule has 0 N–H and O–H groups in total. The zero-order chi connectivity index (χ0) is 14.0.